The standard InChI is InChI=1S/C9H7N3O5/c13-7(14)4-11-5-2-1-3-6(12(16)17)8(5)10-9(11)15/h1-3H,4H2,(H,10,15)(H,13,14). The van der Waals surface area contributed by atoms with Gasteiger partial charge in [-0.15, -0.1) is 0 Å². The Bertz CT molecular complexity index is 669. The number of rotatable bonds is 3. The van der Waals surface area contributed by atoms with E-state index in [1.165, 1.54) is 18.2 Å². The van der Waals surface area contributed by atoms with Crippen molar-refractivity contribution in [1.29, 1.82) is 0 Å². The van der Waals surface area contributed by atoms with E-state index in [1.54, 1.807) is 0 Å². The highest BCUT2D eigenvalue weighted by atomic mass is 16.6. The molecule has 0 amide bonds. The Kier molecular flexibility index (Phi) is 2.39. The number of nitro benzene ring substituents is 1. The summed E-state index contributed by atoms with van der Waals surface area (Å²) in [4.78, 5) is 34.4. The van der Waals surface area contributed by atoms with Crippen LogP contribution in [0.5, 0.6) is 0 Å². The van der Waals surface area contributed by atoms with E-state index in [0.29, 0.717) is 0 Å². The van der Waals surface area contributed by atoms with Crippen molar-refractivity contribution in [2.75, 3.05) is 0 Å². The molecular formula is C9H7N3O5. The van der Waals surface area contributed by atoms with Crippen LogP contribution in [0.2, 0.25) is 0 Å². The maximum atomic E-state index is 11.5. The van der Waals surface area contributed by atoms with Gasteiger partial charge in [-0.25, -0.2) is 4.79 Å². The van der Waals surface area contributed by atoms with Crippen molar-refractivity contribution in [3.8, 4) is 0 Å². The Morgan fingerprint density at radius 1 is 1.53 bits per heavy atom. The molecule has 0 spiro atoms. The first-order valence-electron chi connectivity index (χ1n) is 4.58. The van der Waals surface area contributed by atoms with Crippen molar-refractivity contribution >= 4 is 22.7 Å². The summed E-state index contributed by atoms with van der Waals surface area (Å²) in [6.45, 7) is -0.542. The van der Waals surface area contributed by atoms with Gasteiger partial charge in [0.05, 0.1) is 10.4 Å². The molecule has 0 bridgehead atoms. The fraction of sp³-hybridized carbons (Fsp3) is 0.111. The fourth-order valence-corrected chi connectivity index (χ4v) is 1.61. The monoisotopic (exact) mass is 237 g/mol. The molecule has 0 aliphatic rings. The number of aliphatic carboxylic acids is 1. The molecule has 8 heteroatoms. The highest BCUT2D eigenvalue weighted by molar-refractivity contribution is 5.85. The number of nitro groups is 1. The smallest absolute Gasteiger partial charge is 0.327 e. The summed E-state index contributed by atoms with van der Waals surface area (Å²) >= 11 is 0. The van der Waals surface area contributed by atoms with Gasteiger partial charge in [0, 0.05) is 6.07 Å². The van der Waals surface area contributed by atoms with Gasteiger partial charge in [0.2, 0.25) is 0 Å². The topological polar surface area (TPSA) is 118 Å². The van der Waals surface area contributed by atoms with Crippen molar-refractivity contribution in [1.82, 2.24) is 9.55 Å². The zero-order valence-corrected chi connectivity index (χ0v) is 8.41. The van der Waals surface area contributed by atoms with Crippen LogP contribution >= 0.6 is 0 Å². The average Bonchev–Trinajstić information content (AvgIpc) is 2.54. The number of aromatic nitrogens is 2. The number of carbonyl (C=O) groups is 1. The summed E-state index contributed by atoms with van der Waals surface area (Å²) in [6.07, 6.45) is 0. The molecule has 1 aromatic heterocycles. The summed E-state index contributed by atoms with van der Waals surface area (Å²) in [5, 5.41) is 19.4. The van der Waals surface area contributed by atoms with E-state index in [4.69, 9.17) is 5.11 Å². The Morgan fingerprint density at radius 3 is 2.82 bits per heavy atom. The third kappa shape index (κ3) is 1.75. The molecule has 8 nitrogen and oxygen atoms in total. The van der Waals surface area contributed by atoms with E-state index >= 15 is 0 Å². The zero-order chi connectivity index (χ0) is 12.6. The van der Waals surface area contributed by atoms with Crippen molar-refractivity contribution in [3.05, 3.63) is 38.8 Å². The van der Waals surface area contributed by atoms with Crippen LogP contribution in [0.1, 0.15) is 0 Å². The first-order chi connectivity index (χ1) is 8.00. The van der Waals surface area contributed by atoms with E-state index < -0.39 is 23.1 Å². The van der Waals surface area contributed by atoms with Crippen LogP contribution in [0.4, 0.5) is 5.69 Å². The molecule has 88 valence electrons. The van der Waals surface area contributed by atoms with Gasteiger partial charge in [0.25, 0.3) is 5.69 Å². The van der Waals surface area contributed by atoms with Crippen LogP contribution in [-0.4, -0.2) is 25.6 Å². The minimum atomic E-state index is -1.19. The number of imidazole rings is 1. The molecule has 0 radical (unpaired) electrons. The minimum absolute atomic E-state index is 0.0313. The Labute approximate surface area is 93.3 Å². The van der Waals surface area contributed by atoms with Gasteiger partial charge in [-0.3, -0.25) is 24.5 Å². The molecule has 0 aliphatic heterocycles. The fourth-order valence-electron chi connectivity index (χ4n) is 1.61. The molecule has 0 unspecified atom stereocenters. The average molecular weight is 237 g/mol. The lowest BCUT2D eigenvalue weighted by Crippen LogP contribution is -2.21. The lowest BCUT2D eigenvalue weighted by molar-refractivity contribution is -0.383. The first kappa shape index (κ1) is 10.9. The van der Waals surface area contributed by atoms with Gasteiger partial charge in [0.15, 0.2) is 0 Å². The molecule has 1 aromatic carbocycles. The van der Waals surface area contributed by atoms with Crippen molar-refractivity contribution in [3.63, 3.8) is 0 Å². The number of carboxylic acids is 1. The van der Waals surface area contributed by atoms with Crippen molar-refractivity contribution in [2.24, 2.45) is 0 Å². The lowest BCUT2D eigenvalue weighted by atomic mass is 10.2. The second-order valence-electron chi connectivity index (χ2n) is 3.34. The maximum Gasteiger partial charge on any atom is 0.327 e. The number of H-pyrrole nitrogens is 1. The first-order valence-corrected chi connectivity index (χ1v) is 4.58. The number of aromatic amines is 1. The number of nitrogens with one attached hydrogen (secondary N) is 1. The lowest BCUT2D eigenvalue weighted by Gasteiger charge is -1.98. The number of non-ortho nitro benzene ring substituents is 1. The maximum absolute atomic E-state index is 11.5. The van der Waals surface area contributed by atoms with Crippen LogP contribution < -0.4 is 5.69 Å². The van der Waals surface area contributed by atoms with Crippen molar-refractivity contribution < 1.29 is 14.8 Å². The van der Waals surface area contributed by atoms with Gasteiger partial charge in [-0.05, 0) is 6.07 Å². The molecular weight excluding hydrogens is 230 g/mol. The van der Waals surface area contributed by atoms with Crippen LogP contribution in [0.3, 0.4) is 0 Å². The van der Waals surface area contributed by atoms with Gasteiger partial charge in [0.1, 0.15) is 12.1 Å². The highest BCUT2D eigenvalue weighted by Crippen LogP contribution is 2.21. The number of para-hydroxylation sites is 1. The largest absolute Gasteiger partial charge is 0.480 e. The predicted octanol–water partition coefficient (Wildman–Crippen LogP) is 0.322. The molecule has 2 N–H and O–H groups in total. The van der Waals surface area contributed by atoms with E-state index in [2.05, 4.69) is 4.98 Å². The van der Waals surface area contributed by atoms with Crippen LogP contribution in [0.15, 0.2) is 23.0 Å². The normalized spacial score (nSPS) is 10.6. The summed E-state index contributed by atoms with van der Waals surface area (Å²) in [5.74, 6) is -1.19. The highest BCUT2D eigenvalue weighted by Gasteiger charge is 2.17. The van der Waals surface area contributed by atoms with Gasteiger partial charge in [-0.1, -0.05) is 6.07 Å². The molecule has 0 fully saturated rings. The summed E-state index contributed by atoms with van der Waals surface area (Å²) in [5.41, 5.74) is -0.712. The number of hydrogen-bond acceptors (Lipinski definition) is 4. The minimum Gasteiger partial charge on any atom is -0.480 e. The van der Waals surface area contributed by atoms with E-state index in [1.807, 2.05) is 0 Å². The van der Waals surface area contributed by atoms with Gasteiger partial charge < -0.3 is 5.11 Å². The molecule has 0 aliphatic carbocycles. The van der Waals surface area contributed by atoms with E-state index in [-0.39, 0.29) is 16.7 Å². The van der Waals surface area contributed by atoms with Crippen LogP contribution in [0.25, 0.3) is 11.0 Å². The summed E-state index contributed by atoms with van der Waals surface area (Å²) < 4.78 is 0.935. The Hall–Kier alpha value is -2.64. The van der Waals surface area contributed by atoms with Gasteiger partial charge >= 0.3 is 11.7 Å². The number of fused-ring (bicyclic) bond motifs is 1. The van der Waals surface area contributed by atoms with Crippen molar-refractivity contribution in [2.45, 2.75) is 6.54 Å². The quantitative estimate of drug-likeness (QED) is 0.588. The molecule has 0 atom stereocenters. The summed E-state index contributed by atoms with van der Waals surface area (Å²) in [7, 11) is 0. The number of hydrogen-bond donors (Lipinski definition) is 2. The third-order valence-electron chi connectivity index (χ3n) is 2.28. The van der Waals surface area contributed by atoms with E-state index in [0.717, 1.165) is 4.57 Å². The van der Waals surface area contributed by atoms with Crippen LogP contribution in [-0.2, 0) is 11.3 Å². The summed E-state index contributed by atoms with van der Waals surface area (Å²) in [6, 6.07) is 4.08. The number of carboxylic acid groups (broad SMARTS) is 1. The zero-order valence-electron chi connectivity index (χ0n) is 8.41. The second kappa shape index (κ2) is 3.74. The second-order valence-corrected chi connectivity index (χ2v) is 3.34. The van der Waals surface area contributed by atoms with Gasteiger partial charge in [-0.2, -0.15) is 0 Å². The molecule has 1 heterocycles. The Morgan fingerprint density at radius 2 is 2.24 bits per heavy atom. The molecule has 2 rings (SSSR count). The molecule has 2 aromatic rings. The number of nitrogens with zero attached hydrogens (tertiary/aromatic N) is 2. The number of benzene rings is 1. The SMILES string of the molecule is O=C(O)Cn1c(=O)[nH]c2c([N+](=O)[O-])cccc21. The van der Waals surface area contributed by atoms with E-state index in [9.17, 15) is 19.7 Å². The molecule has 0 saturated heterocycles. The molecule has 17 heavy (non-hydrogen) atoms. The predicted molar refractivity (Wildman–Crippen MR) is 56.8 cm³/mol. The Balaban J connectivity index is 2.76. The molecule has 0 saturated carbocycles. The van der Waals surface area contributed by atoms with Crippen LogP contribution in [0, 0.1) is 10.1 Å². The third-order valence-corrected chi connectivity index (χ3v) is 2.28.